The van der Waals surface area contributed by atoms with Crippen LogP contribution in [0.2, 0.25) is 0 Å². The van der Waals surface area contributed by atoms with Crippen LogP contribution in [0.25, 0.3) is 5.53 Å². The Balaban J connectivity index is 0.000000336. The fraction of sp³-hybridized carbons (Fsp3) is 0.364. The summed E-state index contributed by atoms with van der Waals surface area (Å²) in [5.41, 5.74) is 9.96. The molecule has 0 radical (unpaired) electrons. The summed E-state index contributed by atoms with van der Waals surface area (Å²) in [4.78, 5) is 3.08. The van der Waals surface area contributed by atoms with Crippen molar-refractivity contribution in [3.8, 4) is 0 Å². The highest BCUT2D eigenvalue weighted by atomic mass is 31.1. The molecule has 0 aromatic heterocycles. The Morgan fingerprint density at radius 1 is 1.50 bits per heavy atom. The van der Waals surface area contributed by atoms with Gasteiger partial charge in [0.05, 0.1) is 6.84 Å². The van der Waals surface area contributed by atoms with Gasteiger partial charge in [0.1, 0.15) is 0 Å². The zero-order chi connectivity index (χ0) is 11.7. The molecule has 0 saturated heterocycles. The van der Waals surface area contributed by atoms with Crippen molar-refractivity contribution < 1.29 is 4.79 Å². The molecule has 14 heavy (non-hydrogen) atoms. The first-order valence-corrected chi connectivity index (χ1v) is 6.08. The predicted octanol–water partition coefficient (Wildman–Crippen LogP) is 3.04. The summed E-state index contributed by atoms with van der Waals surface area (Å²) in [5, 5.41) is 0. The predicted molar refractivity (Wildman–Crippen MR) is 64.6 cm³/mol. The van der Waals surface area contributed by atoms with Gasteiger partial charge in [0.15, 0.2) is 0 Å². The van der Waals surface area contributed by atoms with Crippen molar-refractivity contribution in [1.29, 1.82) is 1.28 Å². The van der Waals surface area contributed by atoms with E-state index in [1.54, 1.807) is 6.92 Å². The number of hydrogen-bond donors (Lipinski definition) is 0. The second-order valence-corrected chi connectivity index (χ2v) is 3.95. The van der Waals surface area contributed by atoms with Gasteiger partial charge in [-0.05, 0) is 25.0 Å². The molecule has 0 aliphatic carbocycles. The van der Waals surface area contributed by atoms with E-state index in [9.17, 15) is 0 Å². The van der Waals surface area contributed by atoms with E-state index in [4.69, 9.17) is 6.81 Å². The highest BCUT2D eigenvalue weighted by molar-refractivity contribution is 7.36. The van der Waals surface area contributed by atoms with E-state index in [1.807, 2.05) is 43.9 Å². The van der Waals surface area contributed by atoms with E-state index in [0.29, 0.717) is 5.71 Å². The van der Waals surface area contributed by atoms with Crippen molar-refractivity contribution >= 4 is 14.2 Å². The fourth-order valence-electron chi connectivity index (χ4n) is 0.737. The number of rotatable bonds is 2. The normalized spacial score (nSPS) is 11.5. The van der Waals surface area contributed by atoms with Crippen LogP contribution in [-0.4, -0.2) is 24.6 Å². The van der Waals surface area contributed by atoms with Gasteiger partial charge in [-0.1, -0.05) is 25.1 Å². The van der Waals surface area contributed by atoms with E-state index >= 15 is 0 Å². The second-order valence-electron chi connectivity index (χ2n) is 2.68. The highest BCUT2D eigenvalue weighted by Gasteiger charge is 2.00. The first-order chi connectivity index (χ1) is 7.11. The lowest BCUT2D eigenvalue weighted by molar-refractivity contribution is -0.00460. The van der Waals surface area contributed by atoms with Crippen LogP contribution < -0.4 is 0 Å². The van der Waals surface area contributed by atoms with E-state index in [0.717, 1.165) is 11.7 Å². The van der Waals surface area contributed by atoms with Gasteiger partial charge in [0, 0.05) is 6.92 Å². The standard InChI is InChI=1S/C8H8N2.C3H9P/c1-7(10-9)8-5-3-2-4-6-8;1-3-4-2/h2-6H,1H3;4H,3H2,1-2H3/i;4D. The summed E-state index contributed by atoms with van der Waals surface area (Å²) in [6, 6.07) is 9.53. The second kappa shape index (κ2) is 8.62. The van der Waals surface area contributed by atoms with Crippen molar-refractivity contribution in [2.24, 2.45) is 0 Å². The molecule has 3 heteroatoms. The van der Waals surface area contributed by atoms with Crippen LogP contribution in [0.15, 0.2) is 30.3 Å². The third-order valence-electron chi connectivity index (χ3n) is 1.66. The molecular formula is C11H17N2P. The lowest BCUT2D eigenvalue weighted by Crippen LogP contribution is -1.93. The van der Waals surface area contributed by atoms with E-state index in [2.05, 4.69) is 4.79 Å². The summed E-state index contributed by atoms with van der Waals surface area (Å²) >= 11 is 0. The topological polar surface area (TPSA) is 36.4 Å². The smallest absolute Gasteiger partial charge is 0.296 e. The molecule has 76 valence electrons. The molecule has 1 aromatic rings. The Labute approximate surface area is 89.0 Å². The van der Waals surface area contributed by atoms with Gasteiger partial charge < -0.3 is 5.53 Å². The molecule has 1 aromatic carbocycles. The zero-order valence-electron chi connectivity index (χ0n) is 9.94. The third-order valence-corrected chi connectivity index (χ3v) is 2.29. The van der Waals surface area contributed by atoms with Crippen molar-refractivity contribution in [2.75, 3.05) is 12.8 Å². The Hall–Kier alpha value is -0.970. The molecule has 2 nitrogen and oxygen atoms in total. The Bertz CT molecular complexity index is 319. The van der Waals surface area contributed by atoms with Gasteiger partial charge in [-0.15, -0.1) is 8.53 Å². The summed E-state index contributed by atoms with van der Waals surface area (Å²) in [5.74, 6) is 0. The maximum atomic E-state index is 8.38. The molecule has 0 N–H and O–H groups in total. The van der Waals surface area contributed by atoms with Gasteiger partial charge in [-0.3, -0.25) is 0 Å². The van der Waals surface area contributed by atoms with Gasteiger partial charge in [-0.25, -0.2) is 0 Å². The largest absolute Gasteiger partial charge is 0.361 e. The van der Waals surface area contributed by atoms with Crippen molar-refractivity contribution in [3.63, 3.8) is 0 Å². The highest BCUT2D eigenvalue weighted by Crippen LogP contribution is 1.97. The van der Waals surface area contributed by atoms with Crippen LogP contribution in [0.1, 0.15) is 19.4 Å². The van der Waals surface area contributed by atoms with Crippen molar-refractivity contribution in [3.05, 3.63) is 41.4 Å². The molecular weight excluding hydrogens is 191 g/mol. The minimum Gasteiger partial charge on any atom is -0.361 e. The van der Waals surface area contributed by atoms with Crippen LogP contribution in [0.5, 0.6) is 0 Å². The summed E-state index contributed by atoms with van der Waals surface area (Å²) in [7, 11) is -0.348. The Kier molecular flexibility index (Phi) is 6.84. The molecule has 0 bridgehead atoms. The SMILES string of the molecule is CC(=[N+]=[N-])c1ccccc1.[2H]P(C)CC. The maximum absolute atomic E-state index is 8.38. The monoisotopic (exact) mass is 209 g/mol. The van der Waals surface area contributed by atoms with Gasteiger partial charge >= 0.3 is 0 Å². The number of nitrogens with zero attached hydrogens (tertiary/aromatic N) is 2. The lowest BCUT2D eigenvalue weighted by atomic mass is 10.1. The summed E-state index contributed by atoms with van der Waals surface area (Å²) in [6.07, 6.45) is 1.04. The summed E-state index contributed by atoms with van der Waals surface area (Å²) < 4.78 is 6.89. The Morgan fingerprint density at radius 3 is 2.36 bits per heavy atom. The average Bonchev–Trinajstić information content (AvgIpc) is 2.30. The van der Waals surface area contributed by atoms with Gasteiger partial charge in [0.2, 0.25) is 0 Å². The minimum atomic E-state index is -0.348. The summed E-state index contributed by atoms with van der Waals surface area (Å²) in [6.45, 7) is 5.75. The quantitative estimate of drug-likeness (QED) is 0.311. The number of benzene rings is 1. The van der Waals surface area contributed by atoms with E-state index in [1.165, 1.54) is 0 Å². The van der Waals surface area contributed by atoms with Crippen LogP contribution in [0.4, 0.5) is 0 Å². The van der Waals surface area contributed by atoms with Crippen LogP contribution in [-0.2, 0) is 0 Å². The van der Waals surface area contributed by atoms with Crippen molar-refractivity contribution in [2.45, 2.75) is 13.8 Å². The fourth-order valence-corrected chi connectivity index (χ4v) is 0.737. The molecule has 0 amide bonds. The molecule has 1 unspecified atom stereocenters. The van der Waals surface area contributed by atoms with Gasteiger partial charge in [-0.2, -0.15) is 4.79 Å². The van der Waals surface area contributed by atoms with Crippen LogP contribution >= 0.6 is 8.53 Å². The third kappa shape index (κ3) is 5.64. The minimum absolute atomic E-state index is 0.348. The lowest BCUT2D eigenvalue weighted by Gasteiger charge is -1.86. The molecule has 1 rings (SSSR count). The molecule has 0 fully saturated rings. The van der Waals surface area contributed by atoms with Crippen LogP contribution in [0.3, 0.4) is 0 Å². The molecule has 1 atom stereocenters. The number of hydrogen-bond acceptors (Lipinski definition) is 0. The van der Waals surface area contributed by atoms with Gasteiger partial charge in [0.25, 0.3) is 5.71 Å². The van der Waals surface area contributed by atoms with E-state index in [-0.39, 0.29) is 8.53 Å². The van der Waals surface area contributed by atoms with Crippen LogP contribution in [0, 0.1) is 0 Å². The molecule has 0 saturated carbocycles. The molecule has 0 heterocycles. The first kappa shape index (κ1) is 11.1. The first-order valence-electron chi connectivity index (χ1n) is 5.00. The molecule has 0 aliphatic heterocycles. The average molecular weight is 209 g/mol. The maximum Gasteiger partial charge on any atom is 0.296 e. The molecule has 0 spiro atoms. The Morgan fingerprint density at radius 2 is 2.00 bits per heavy atom. The van der Waals surface area contributed by atoms with E-state index < -0.39 is 0 Å². The zero-order valence-corrected chi connectivity index (χ0v) is 9.83. The van der Waals surface area contributed by atoms with Crippen molar-refractivity contribution in [1.82, 2.24) is 0 Å². The molecule has 0 aliphatic rings.